The van der Waals surface area contributed by atoms with Gasteiger partial charge in [0.25, 0.3) is 5.91 Å². The molecule has 2 aromatic rings. The third kappa shape index (κ3) is 5.07. The van der Waals surface area contributed by atoms with Crippen molar-refractivity contribution in [3.8, 4) is 10.4 Å². The van der Waals surface area contributed by atoms with E-state index >= 15 is 0 Å². The molecule has 1 heterocycles. The number of amides is 2. The van der Waals surface area contributed by atoms with Gasteiger partial charge < -0.3 is 9.47 Å². The second-order valence-corrected chi connectivity index (χ2v) is 6.04. The highest BCUT2D eigenvalue weighted by molar-refractivity contribution is 7.17. The summed E-state index contributed by atoms with van der Waals surface area (Å²) in [6, 6.07) is 10.6. The van der Waals surface area contributed by atoms with E-state index in [2.05, 4.69) is 4.74 Å². The third-order valence-electron chi connectivity index (χ3n) is 2.79. The van der Waals surface area contributed by atoms with Gasteiger partial charge in [0.1, 0.15) is 4.88 Å². The fraction of sp³-hybridized carbons (Fsp3) is 0.188. The van der Waals surface area contributed by atoms with Gasteiger partial charge in [0.05, 0.1) is 6.61 Å². The Kier molecular flexibility index (Phi) is 6.34. The second-order valence-electron chi connectivity index (χ2n) is 4.52. The van der Waals surface area contributed by atoms with Crippen LogP contribution in [0.1, 0.15) is 16.6 Å². The molecular formula is C16H14ClNO5S. The second kappa shape index (κ2) is 8.47. The van der Waals surface area contributed by atoms with E-state index < -0.39 is 24.6 Å². The number of benzene rings is 1. The fourth-order valence-electron chi connectivity index (χ4n) is 1.74. The van der Waals surface area contributed by atoms with Gasteiger partial charge in [-0.05, 0) is 36.8 Å². The average Bonchev–Trinajstić information content (AvgIpc) is 3.03. The normalized spacial score (nSPS) is 10.1. The molecule has 0 aliphatic rings. The van der Waals surface area contributed by atoms with Crippen LogP contribution in [0.3, 0.4) is 0 Å². The number of halogens is 1. The molecule has 0 aliphatic carbocycles. The maximum Gasteiger partial charge on any atom is 0.413 e. The molecule has 2 amide bonds. The van der Waals surface area contributed by atoms with Crippen LogP contribution < -0.4 is 5.32 Å². The zero-order valence-electron chi connectivity index (χ0n) is 12.7. The Bertz CT molecular complexity index is 741. The number of alkyl carbamates (subject to hydrolysis) is 1. The largest absolute Gasteiger partial charge is 0.451 e. The minimum Gasteiger partial charge on any atom is -0.451 e. The summed E-state index contributed by atoms with van der Waals surface area (Å²) in [5, 5.41) is 2.56. The molecule has 126 valence electrons. The van der Waals surface area contributed by atoms with Crippen molar-refractivity contribution in [2.75, 3.05) is 13.2 Å². The maximum atomic E-state index is 11.9. The topological polar surface area (TPSA) is 81.7 Å². The monoisotopic (exact) mass is 367 g/mol. The van der Waals surface area contributed by atoms with E-state index in [1.807, 2.05) is 17.4 Å². The van der Waals surface area contributed by atoms with Crippen LogP contribution in [0.2, 0.25) is 5.02 Å². The molecule has 0 fully saturated rings. The van der Waals surface area contributed by atoms with E-state index in [4.69, 9.17) is 16.3 Å². The van der Waals surface area contributed by atoms with Crippen LogP contribution in [0.4, 0.5) is 4.79 Å². The van der Waals surface area contributed by atoms with Gasteiger partial charge >= 0.3 is 12.1 Å². The van der Waals surface area contributed by atoms with E-state index in [-0.39, 0.29) is 6.61 Å². The fourth-order valence-corrected chi connectivity index (χ4v) is 2.77. The molecule has 6 nitrogen and oxygen atoms in total. The molecule has 1 N–H and O–H groups in total. The number of esters is 1. The number of hydrogen-bond donors (Lipinski definition) is 1. The lowest BCUT2D eigenvalue weighted by molar-refractivity contribution is -0.123. The first kappa shape index (κ1) is 18.0. The molecule has 1 aromatic carbocycles. The molecule has 24 heavy (non-hydrogen) atoms. The van der Waals surface area contributed by atoms with Gasteiger partial charge in [0.2, 0.25) is 0 Å². The Morgan fingerprint density at radius 1 is 1.08 bits per heavy atom. The number of ether oxygens (including phenoxy) is 2. The summed E-state index contributed by atoms with van der Waals surface area (Å²) < 4.78 is 9.41. The summed E-state index contributed by atoms with van der Waals surface area (Å²) in [6.07, 6.45) is -0.875. The summed E-state index contributed by atoms with van der Waals surface area (Å²) >= 11 is 7.07. The van der Waals surface area contributed by atoms with Gasteiger partial charge in [-0.15, -0.1) is 11.3 Å². The first-order chi connectivity index (χ1) is 11.5. The molecular weight excluding hydrogens is 354 g/mol. The molecule has 0 bridgehead atoms. The van der Waals surface area contributed by atoms with E-state index in [0.29, 0.717) is 9.90 Å². The zero-order chi connectivity index (χ0) is 17.5. The van der Waals surface area contributed by atoms with Gasteiger partial charge in [-0.25, -0.2) is 9.59 Å². The molecule has 0 atom stereocenters. The summed E-state index contributed by atoms with van der Waals surface area (Å²) in [7, 11) is 0. The van der Waals surface area contributed by atoms with Crippen LogP contribution in [-0.4, -0.2) is 31.2 Å². The lowest BCUT2D eigenvalue weighted by Crippen LogP contribution is -2.34. The molecule has 0 saturated heterocycles. The summed E-state index contributed by atoms with van der Waals surface area (Å²) in [5.41, 5.74) is 0.920. The highest BCUT2D eigenvalue weighted by atomic mass is 35.5. The van der Waals surface area contributed by atoms with Crippen LogP contribution in [0.5, 0.6) is 0 Å². The number of nitrogens with one attached hydrogen (secondary N) is 1. The zero-order valence-corrected chi connectivity index (χ0v) is 14.3. The van der Waals surface area contributed by atoms with Crippen LogP contribution >= 0.6 is 22.9 Å². The van der Waals surface area contributed by atoms with Gasteiger partial charge in [-0.3, -0.25) is 10.1 Å². The van der Waals surface area contributed by atoms with E-state index in [0.717, 1.165) is 10.4 Å². The number of rotatable bonds is 5. The van der Waals surface area contributed by atoms with E-state index in [9.17, 15) is 14.4 Å². The summed E-state index contributed by atoms with van der Waals surface area (Å²) in [5.74, 6) is -1.39. The van der Waals surface area contributed by atoms with Crippen LogP contribution in [0.25, 0.3) is 10.4 Å². The molecule has 8 heteroatoms. The third-order valence-corrected chi connectivity index (χ3v) is 4.15. The minimum atomic E-state index is -0.875. The van der Waals surface area contributed by atoms with Crippen LogP contribution in [0.15, 0.2) is 36.4 Å². The van der Waals surface area contributed by atoms with Crippen molar-refractivity contribution < 1.29 is 23.9 Å². The highest BCUT2D eigenvalue weighted by Crippen LogP contribution is 2.29. The van der Waals surface area contributed by atoms with Gasteiger partial charge in [0.15, 0.2) is 6.61 Å². The molecule has 0 unspecified atom stereocenters. The number of hydrogen-bond acceptors (Lipinski definition) is 6. The first-order valence-corrected chi connectivity index (χ1v) is 8.18. The summed E-state index contributed by atoms with van der Waals surface area (Å²) in [6.45, 7) is 1.19. The molecule has 1 aromatic heterocycles. The van der Waals surface area contributed by atoms with E-state index in [1.165, 1.54) is 11.3 Å². The Labute approximate surface area is 147 Å². The van der Waals surface area contributed by atoms with Crippen molar-refractivity contribution in [2.24, 2.45) is 0 Å². The van der Waals surface area contributed by atoms with Crippen molar-refractivity contribution in [3.63, 3.8) is 0 Å². The predicted molar refractivity (Wildman–Crippen MR) is 90.2 cm³/mol. The van der Waals surface area contributed by atoms with Crippen molar-refractivity contribution in [1.29, 1.82) is 0 Å². The van der Waals surface area contributed by atoms with Crippen molar-refractivity contribution in [3.05, 3.63) is 46.3 Å². The van der Waals surface area contributed by atoms with Crippen LogP contribution in [0, 0.1) is 0 Å². The molecule has 0 aliphatic heterocycles. The van der Waals surface area contributed by atoms with Gasteiger partial charge in [-0.2, -0.15) is 0 Å². The van der Waals surface area contributed by atoms with E-state index in [1.54, 1.807) is 31.2 Å². The molecule has 0 spiro atoms. The Morgan fingerprint density at radius 3 is 2.46 bits per heavy atom. The van der Waals surface area contributed by atoms with Crippen molar-refractivity contribution in [2.45, 2.75) is 6.92 Å². The lowest BCUT2D eigenvalue weighted by Gasteiger charge is -2.04. The quantitative estimate of drug-likeness (QED) is 0.818. The first-order valence-electron chi connectivity index (χ1n) is 6.99. The minimum absolute atomic E-state index is 0.140. The smallest absolute Gasteiger partial charge is 0.413 e. The average molecular weight is 368 g/mol. The number of carbonyl (C=O) groups is 3. The Morgan fingerprint density at radius 2 is 1.79 bits per heavy atom. The Balaban J connectivity index is 1.90. The lowest BCUT2D eigenvalue weighted by atomic mass is 10.2. The summed E-state index contributed by atoms with van der Waals surface area (Å²) in [4.78, 5) is 35.6. The van der Waals surface area contributed by atoms with Gasteiger partial charge in [0, 0.05) is 9.90 Å². The predicted octanol–water partition coefficient (Wildman–Crippen LogP) is 3.50. The molecule has 0 saturated carbocycles. The number of imide groups is 1. The maximum absolute atomic E-state index is 11.9. The SMILES string of the molecule is CCOC(=O)NC(=O)COC(=O)c1ccc(-c2ccc(Cl)cc2)s1. The van der Waals surface area contributed by atoms with Gasteiger partial charge in [-0.1, -0.05) is 23.7 Å². The van der Waals surface area contributed by atoms with Crippen molar-refractivity contribution >= 4 is 40.9 Å². The van der Waals surface area contributed by atoms with Crippen LogP contribution in [-0.2, 0) is 14.3 Å². The molecule has 0 radical (unpaired) electrons. The van der Waals surface area contributed by atoms with Crippen molar-refractivity contribution in [1.82, 2.24) is 5.32 Å². The number of thiophene rings is 1. The molecule has 2 rings (SSSR count). The number of carbonyl (C=O) groups excluding carboxylic acids is 3. The standard InChI is InChI=1S/C16H14ClNO5S/c1-2-22-16(21)18-14(19)9-23-15(20)13-8-7-12(24-13)10-3-5-11(17)6-4-10/h3-8H,2,9H2,1H3,(H,18,19,21). The highest BCUT2D eigenvalue weighted by Gasteiger charge is 2.15. The Hall–Kier alpha value is -2.38.